The molecule has 2 N–H and O–H groups in total. The van der Waals surface area contributed by atoms with Crippen molar-refractivity contribution in [2.75, 3.05) is 13.2 Å². The van der Waals surface area contributed by atoms with Crippen LogP contribution in [0.4, 0.5) is 4.39 Å². The van der Waals surface area contributed by atoms with Crippen LogP contribution in [0.3, 0.4) is 0 Å². The molecular weight excluding hydrogens is 253 g/mol. The third-order valence-electron chi connectivity index (χ3n) is 3.24. The molecule has 20 heavy (non-hydrogen) atoms. The minimum absolute atomic E-state index is 0.258. The van der Waals surface area contributed by atoms with Gasteiger partial charge in [-0.15, -0.1) is 0 Å². The van der Waals surface area contributed by atoms with E-state index in [0.717, 1.165) is 12.8 Å². The maximum atomic E-state index is 13.7. The number of hydrogen-bond acceptors (Lipinski definition) is 2. The summed E-state index contributed by atoms with van der Waals surface area (Å²) in [6.45, 7) is 0.858. The van der Waals surface area contributed by atoms with Crippen molar-refractivity contribution in [1.82, 2.24) is 0 Å². The van der Waals surface area contributed by atoms with E-state index in [1.807, 2.05) is 18.2 Å². The Labute approximate surface area is 119 Å². The minimum Gasteiger partial charge on any atom is -0.372 e. The molecule has 1 unspecified atom stereocenters. The van der Waals surface area contributed by atoms with Crippen molar-refractivity contribution in [3.05, 3.63) is 71.5 Å². The first-order valence-corrected chi connectivity index (χ1v) is 6.91. The van der Waals surface area contributed by atoms with Crippen molar-refractivity contribution in [2.45, 2.75) is 18.9 Å². The molecule has 0 aliphatic carbocycles. The number of nitrogens with two attached hydrogens (primary N) is 1. The standard InChI is InChI=1S/C17H20FNO/c18-16-11-5-4-10-15(16)17(13-19)20-12-6-9-14-7-2-1-3-8-14/h1-5,7-8,10-11,17H,6,9,12-13,19H2. The Morgan fingerprint density at radius 2 is 1.70 bits per heavy atom. The normalized spacial score (nSPS) is 12.3. The molecule has 0 aliphatic rings. The van der Waals surface area contributed by atoms with E-state index in [1.165, 1.54) is 11.6 Å². The quantitative estimate of drug-likeness (QED) is 0.784. The highest BCUT2D eigenvalue weighted by Gasteiger charge is 2.13. The van der Waals surface area contributed by atoms with E-state index in [4.69, 9.17) is 10.5 Å². The van der Waals surface area contributed by atoms with E-state index in [0.29, 0.717) is 12.2 Å². The van der Waals surface area contributed by atoms with Gasteiger partial charge in [0.05, 0.1) is 6.10 Å². The Kier molecular flexibility index (Phi) is 5.71. The zero-order valence-electron chi connectivity index (χ0n) is 11.5. The van der Waals surface area contributed by atoms with E-state index in [1.54, 1.807) is 18.2 Å². The molecule has 0 saturated carbocycles. The first kappa shape index (κ1) is 14.7. The van der Waals surface area contributed by atoms with Crippen LogP contribution < -0.4 is 5.73 Å². The van der Waals surface area contributed by atoms with E-state index in [2.05, 4.69) is 12.1 Å². The van der Waals surface area contributed by atoms with Crippen LogP contribution in [0.25, 0.3) is 0 Å². The van der Waals surface area contributed by atoms with Crippen molar-refractivity contribution < 1.29 is 9.13 Å². The van der Waals surface area contributed by atoms with Crippen LogP contribution in [0, 0.1) is 5.82 Å². The summed E-state index contributed by atoms with van der Waals surface area (Å²) in [5.74, 6) is -0.258. The first-order valence-electron chi connectivity index (χ1n) is 6.91. The van der Waals surface area contributed by atoms with Gasteiger partial charge in [0.2, 0.25) is 0 Å². The summed E-state index contributed by atoms with van der Waals surface area (Å²) >= 11 is 0. The van der Waals surface area contributed by atoms with Crippen LogP contribution in [0.1, 0.15) is 23.7 Å². The maximum Gasteiger partial charge on any atom is 0.129 e. The van der Waals surface area contributed by atoms with Gasteiger partial charge < -0.3 is 10.5 Å². The van der Waals surface area contributed by atoms with Crippen molar-refractivity contribution in [2.24, 2.45) is 5.73 Å². The Morgan fingerprint density at radius 3 is 2.40 bits per heavy atom. The van der Waals surface area contributed by atoms with Gasteiger partial charge in [-0.25, -0.2) is 4.39 Å². The molecule has 0 heterocycles. The Bertz CT molecular complexity index is 515. The highest BCUT2D eigenvalue weighted by Crippen LogP contribution is 2.19. The van der Waals surface area contributed by atoms with Crippen LogP contribution in [0.5, 0.6) is 0 Å². The molecule has 2 rings (SSSR count). The maximum absolute atomic E-state index is 13.7. The second-order valence-electron chi connectivity index (χ2n) is 4.71. The molecule has 0 radical (unpaired) electrons. The van der Waals surface area contributed by atoms with Gasteiger partial charge in [0.15, 0.2) is 0 Å². The predicted octanol–water partition coefficient (Wildman–Crippen LogP) is 3.47. The Balaban J connectivity index is 1.81. The van der Waals surface area contributed by atoms with E-state index >= 15 is 0 Å². The second kappa shape index (κ2) is 7.78. The average Bonchev–Trinajstić information content (AvgIpc) is 2.50. The van der Waals surface area contributed by atoms with Gasteiger partial charge in [-0.3, -0.25) is 0 Å². The van der Waals surface area contributed by atoms with E-state index < -0.39 is 0 Å². The molecule has 0 saturated heterocycles. The molecule has 2 aromatic carbocycles. The molecule has 106 valence electrons. The average molecular weight is 273 g/mol. The molecule has 0 aromatic heterocycles. The topological polar surface area (TPSA) is 35.2 Å². The lowest BCUT2D eigenvalue weighted by Gasteiger charge is -2.17. The smallest absolute Gasteiger partial charge is 0.129 e. The summed E-state index contributed by atoms with van der Waals surface area (Å²) in [5.41, 5.74) is 7.50. The molecule has 0 spiro atoms. The first-order chi connectivity index (χ1) is 9.81. The van der Waals surface area contributed by atoms with Crippen molar-refractivity contribution in [3.63, 3.8) is 0 Å². The van der Waals surface area contributed by atoms with Gasteiger partial charge in [0.1, 0.15) is 5.82 Å². The molecule has 0 aliphatic heterocycles. The fourth-order valence-electron chi connectivity index (χ4n) is 2.17. The minimum atomic E-state index is -0.369. The van der Waals surface area contributed by atoms with Crippen molar-refractivity contribution >= 4 is 0 Å². The van der Waals surface area contributed by atoms with Gasteiger partial charge in [-0.1, -0.05) is 48.5 Å². The molecule has 0 bridgehead atoms. The number of hydrogen-bond donors (Lipinski definition) is 1. The lowest BCUT2D eigenvalue weighted by molar-refractivity contribution is 0.0547. The van der Waals surface area contributed by atoms with Crippen molar-refractivity contribution in [3.8, 4) is 0 Å². The van der Waals surface area contributed by atoms with Crippen molar-refractivity contribution in [1.29, 1.82) is 0 Å². The molecule has 2 nitrogen and oxygen atoms in total. The van der Waals surface area contributed by atoms with E-state index in [-0.39, 0.29) is 18.5 Å². The van der Waals surface area contributed by atoms with Gasteiger partial charge in [-0.2, -0.15) is 0 Å². The largest absolute Gasteiger partial charge is 0.372 e. The highest BCUT2D eigenvalue weighted by atomic mass is 19.1. The number of ether oxygens (including phenoxy) is 1. The highest BCUT2D eigenvalue weighted by molar-refractivity contribution is 5.20. The lowest BCUT2D eigenvalue weighted by Crippen LogP contribution is -2.17. The number of benzene rings is 2. The van der Waals surface area contributed by atoms with E-state index in [9.17, 15) is 4.39 Å². The molecular formula is C17H20FNO. The third kappa shape index (κ3) is 4.15. The van der Waals surface area contributed by atoms with Crippen LogP contribution in [-0.4, -0.2) is 13.2 Å². The molecule has 0 fully saturated rings. The second-order valence-corrected chi connectivity index (χ2v) is 4.71. The van der Waals surface area contributed by atoms with Crippen LogP contribution >= 0.6 is 0 Å². The molecule has 3 heteroatoms. The summed E-state index contributed by atoms with van der Waals surface area (Å²) in [5, 5.41) is 0. The van der Waals surface area contributed by atoms with Crippen LogP contribution in [-0.2, 0) is 11.2 Å². The monoisotopic (exact) mass is 273 g/mol. The zero-order valence-corrected chi connectivity index (χ0v) is 11.5. The fraction of sp³-hybridized carbons (Fsp3) is 0.294. The van der Waals surface area contributed by atoms with Gasteiger partial charge in [0, 0.05) is 18.7 Å². The summed E-state index contributed by atoms with van der Waals surface area (Å²) in [7, 11) is 0. The lowest BCUT2D eigenvalue weighted by atomic mass is 10.1. The number of halogens is 1. The van der Waals surface area contributed by atoms with Gasteiger partial charge >= 0.3 is 0 Å². The number of aryl methyl sites for hydroxylation is 1. The zero-order chi connectivity index (χ0) is 14.2. The SMILES string of the molecule is NCC(OCCCc1ccccc1)c1ccccc1F. The van der Waals surface area contributed by atoms with Gasteiger partial charge in [0.25, 0.3) is 0 Å². The summed E-state index contributed by atoms with van der Waals surface area (Å²) in [6.07, 6.45) is 1.48. The Hall–Kier alpha value is -1.71. The summed E-state index contributed by atoms with van der Waals surface area (Å²) in [6, 6.07) is 16.9. The van der Waals surface area contributed by atoms with Crippen LogP contribution in [0.2, 0.25) is 0 Å². The van der Waals surface area contributed by atoms with Crippen LogP contribution in [0.15, 0.2) is 54.6 Å². The summed E-state index contributed by atoms with van der Waals surface area (Å²) < 4.78 is 19.4. The van der Waals surface area contributed by atoms with Gasteiger partial charge in [-0.05, 0) is 24.5 Å². The molecule has 0 amide bonds. The fourth-order valence-corrected chi connectivity index (χ4v) is 2.17. The predicted molar refractivity (Wildman–Crippen MR) is 78.9 cm³/mol. The Morgan fingerprint density at radius 1 is 1.00 bits per heavy atom. The molecule has 1 atom stereocenters. The number of rotatable bonds is 7. The molecule has 2 aromatic rings. The summed E-state index contributed by atoms with van der Waals surface area (Å²) in [4.78, 5) is 0. The third-order valence-corrected chi connectivity index (χ3v) is 3.24.